The molecule has 1 aromatic rings. The second-order valence-electron chi connectivity index (χ2n) is 4.98. The van der Waals surface area contributed by atoms with E-state index in [4.69, 9.17) is 0 Å². The van der Waals surface area contributed by atoms with Gasteiger partial charge in [0, 0.05) is 12.2 Å². The quantitative estimate of drug-likeness (QED) is 0.920. The van der Waals surface area contributed by atoms with Crippen LogP contribution in [-0.2, 0) is 14.8 Å². The molecule has 1 aliphatic heterocycles. The molecule has 1 amide bonds. The summed E-state index contributed by atoms with van der Waals surface area (Å²) in [5.41, 5.74) is 1.10. The number of benzene rings is 1. The molecule has 0 spiro atoms. The minimum Gasteiger partial charge on any atom is -0.324 e. The molecule has 1 aliphatic rings. The zero-order chi connectivity index (χ0) is 14.9. The van der Waals surface area contributed by atoms with Gasteiger partial charge in [-0.2, -0.15) is 4.31 Å². The smallest absolute Gasteiger partial charge is 0.242 e. The van der Waals surface area contributed by atoms with Gasteiger partial charge in [-0.05, 0) is 43.5 Å². The van der Waals surface area contributed by atoms with Gasteiger partial charge in [0.2, 0.25) is 15.9 Å². The zero-order valence-corrected chi connectivity index (χ0v) is 12.2. The van der Waals surface area contributed by atoms with Crippen LogP contribution in [0.2, 0.25) is 0 Å². The third-order valence-corrected chi connectivity index (χ3v) is 4.67. The van der Waals surface area contributed by atoms with Crippen molar-refractivity contribution in [1.82, 2.24) is 4.31 Å². The number of nitrogens with one attached hydrogen (secondary N) is 1. The first-order chi connectivity index (χ1) is 9.29. The van der Waals surface area contributed by atoms with Gasteiger partial charge in [0.05, 0.1) is 6.26 Å². The lowest BCUT2D eigenvalue weighted by Crippen LogP contribution is -2.42. The van der Waals surface area contributed by atoms with Gasteiger partial charge in [-0.25, -0.2) is 12.8 Å². The molecule has 0 aromatic heterocycles. The maximum Gasteiger partial charge on any atom is 0.242 e. The van der Waals surface area contributed by atoms with E-state index in [2.05, 4.69) is 5.32 Å². The highest BCUT2D eigenvalue weighted by molar-refractivity contribution is 7.88. The Balaban J connectivity index is 2.16. The summed E-state index contributed by atoms with van der Waals surface area (Å²) in [6.07, 6.45) is 2.26. The van der Waals surface area contributed by atoms with Gasteiger partial charge < -0.3 is 5.32 Å². The summed E-state index contributed by atoms with van der Waals surface area (Å²) >= 11 is 0. The minimum absolute atomic E-state index is 0.360. The molecule has 1 heterocycles. The summed E-state index contributed by atoms with van der Waals surface area (Å²) in [7, 11) is -3.39. The lowest BCUT2D eigenvalue weighted by atomic mass is 10.1. The molecule has 0 saturated carbocycles. The summed E-state index contributed by atoms with van der Waals surface area (Å²) in [5.74, 6) is -0.748. The Morgan fingerprint density at radius 1 is 1.45 bits per heavy atom. The fraction of sp³-hybridized carbons (Fsp3) is 0.462. The van der Waals surface area contributed by atoms with Crippen molar-refractivity contribution >= 4 is 21.6 Å². The highest BCUT2D eigenvalue weighted by atomic mass is 32.2. The maximum absolute atomic E-state index is 13.0. The van der Waals surface area contributed by atoms with Gasteiger partial charge >= 0.3 is 0 Å². The van der Waals surface area contributed by atoms with Crippen LogP contribution in [0.15, 0.2) is 18.2 Å². The number of hydrogen-bond acceptors (Lipinski definition) is 3. The molecule has 1 aromatic carbocycles. The number of carbonyl (C=O) groups is 1. The van der Waals surface area contributed by atoms with Crippen molar-refractivity contribution in [3.8, 4) is 0 Å². The van der Waals surface area contributed by atoms with Gasteiger partial charge in [0.1, 0.15) is 11.9 Å². The molecule has 2 rings (SSSR count). The molecule has 1 atom stereocenters. The summed E-state index contributed by atoms with van der Waals surface area (Å²) in [4.78, 5) is 12.2. The molecule has 1 N–H and O–H groups in total. The molecule has 110 valence electrons. The van der Waals surface area contributed by atoms with Crippen molar-refractivity contribution < 1.29 is 17.6 Å². The molecular formula is C13H17FN2O3S. The van der Waals surface area contributed by atoms with Crippen LogP contribution >= 0.6 is 0 Å². The fourth-order valence-electron chi connectivity index (χ4n) is 2.38. The molecule has 0 aliphatic carbocycles. The third-order valence-electron chi connectivity index (χ3n) is 3.38. The number of sulfonamides is 1. The first-order valence-corrected chi connectivity index (χ1v) is 8.17. The molecule has 5 nitrogen and oxygen atoms in total. The summed E-state index contributed by atoms with van der Waals surface area (Å²) in [5, 5.41) is 2.67. The van der Waals surface area contributed by atoms with Crippen LogP contribution < -0.4 is 5.32 Å². The first kappa shape index (κ1) is 14.9. The van der Waals surface area contributed by atoms with E-state index in [0.29, 0.717) is 30.6 Å². The van der Waals surface area contributed by atoms with Crippen LogP contribution in [0, 0.1) is 12.7 Å². The monoisotopic (exact) mass is 300 g/mol. The number of rotatable bonds is 3. The standard InChI is InChI=1S/C13H17FN2O3S/c1-9-8-10(14)5-6-11(9)15-13(17)12-4-3-7-16(12)20(2,18)19/h5-6,8,12H,3-4,7H2,1-2H3,(H,15,17)/t12-/m1/s1. The molecule has 7 heteroatoms. The predicted molar refractivity (Wildman–Crippen MR) is 74.3 cm³/mol. The normalized spacial score (nSPS) is 20.1. The first-order valence-electron chi connectivity index (χ1n) is 6.33. The Morgan fingerprint density at radius 2 is 2.15 bits per heavy atom. The molecule has 20 heavy (non-hydrogen) atoms. The number of carbonyl (C=O) groups excluding carboxylic acids is 1. The number of amides is 1. The van der Waals surface area contributed by atoms with Crippen molar-refractivity contribution in [3.05, 3.63) is 29.6 Å². The molecule has 1 fully saturated rings. The van der Waals surface area contributed by atoms with E-state index in [9.17, 15) is 17.6 Å². The van der Waals surface area contributed by atoms with Crippen molar-refractivity contribution in [1.29, 1.82) is 0 Å². The van der Waals surface area contributed by atoms with E-state index < -0.39 is 16.1 Å². The third kappa shape index (κ3) is 3.16. The van der Waals surface area contributed by atoms with Crippen LogP contribution in [-0.4, -0.2) is 37.5 Å². The van der Waals surface area contributed by atoms with Crippen molar-refractivity contribution in [2.24, 2.45) is 0 Å². The second-order valence-corrected chi connectivity index (χ2v) is 6.92. The maximum atomic E-state index is 13.0. The van der Waals surface area contributed by atoms with Crippen LogP contribution in [0.1, 0.15) is 18.4 Å². The van der Waals surface area contributed by atoms with E-state index in [1.54, 1.807) is 6.92 Å². The SMILES string of the molecule is Cc1cc(F)ccc1NC(=O)[C@H]1CCCN1S(C)(=O)=O. The van der Waals surface area contributed by atoms with Crippen LogP contribution in [0.4, 0.5) is 10.1 Å². The zero-order valence-electron chi connectivity index (χ0n) is 11.4. The second kappa shape index (κ2) is 5.49. The van der Waals surface area contributed by atoms with E-state index in [1.165, 1.54) is 22.5 Å². The van der Waals surface area contributed by atoms with Crippen molar-refractivity contribution in [2.75, 3.05) is 18.1 Å². The molecular weight excluding hydrogens is 283 g/mol. The molecule has 0 unspecified atom stereocenters. The Morgan fingerprint density at radius 3 is 2.75 bits per heavy atom. The molecule has 0 bridgehead atoms. The summed E-state index contributed by atoms with van der Waals surface area (Å²) in [6.45, 7) is 2.04. The molecule has 1 saturated heterocycles. The lowest BCUT2D eigenvalue weighted by Gasteiger charge is -2.21. The number of anilines is 1. The number of halogens is 1. The van der Waals surface area contributed by atoms with Crippen LogP contribution in [0.3, 0.4) is 0 Å². The Hall–Kier alpha value is -1.47. The summed E-state index contributed by atoms with van der Waals surface area (Å²) in [6, 6.07) is 3.36. The average Bonchev–Trinajstić information content (AvgIpc) is 2.81. The van der Waals surface area contributed by atoms with Gasteiger partial charge in [-0.1, -0.05) is 0 Å². The van der Waals surface area contributed by atoms with Crippen molar-refractivity contribution in [3.63, 3.8) is 0 Å². The Bertz CT molecular complexity index is 631. The fourth-order valence-corrected chi connectivity index (χ4v) is 3.51. The van der Waals surface area contributed by atoms with Crippen molar-refractivity contribution in [2.45, 2.75) is 25.8 Å². The molecule has 0 radical (unpaired) electrons. The highest BCUT2D eigenvalue weighted by Crippen LogP contribution is 2.23. The van der Waals surface area contributed by atoms with E-state index in [1.807, 2.05) is 0 Å². The van der Waals surface area contributed by atoms with E-state index >= 15 is 0 Å². The minimum atomic E-state index is -3.39. The van der Waals surface area contributed by atoms with E-state index in [-0.39, 0.29) is 11.7 Å². The number of nitrogens with zero attached hydrogens (tertiary/aromatic N) is 1. The van der Waals surface area contributed by atoms with Gasteiger partial charge in [0.15, 0.2) is 0 Å². The lowest BCUT2D eigenvalue weighted by molar-refractivity contribution is -0.119. The number of hydrogen-bond donors (Lipinski definition) is 1. The Kier molecular flexibility index (Phi) is 4.10. The van der Waals surface area contributed by atoms with Crippen LogP contribution in [0.25, 0.3) is 0 Å². The van der Waals surface area contributed by atoms with Gasteiger partial charge in [-0.3, -0.25) is 4.79 Å². The van der Waals surface area contributed by atoms with Gasteiger partial charge in [0.25, 0.3) is 0 Å². The number of aryl methyl sites for hydroxylation is 1. The largest absolute Gasteiger partial charge is 0.324 e. The van der Waals surface area contributed by atoms with E-state index in [0.717, 1.165) is 6.26 Å². The van der Waals surface area contributed by atoms with Gasteiger partial charge in [-0.15, -0.1) is 0 Å². The highest BCUT2D eigenvalue weighted by Gasteiger charge is 2.36. The average molecular weight is 300 g/mol. The van der Waals surface area contributed by atoms with Crippen LogP contribution in [0.5, 0.6) is 0 Å². The summed E-state index contributed by atoms with van der Waals surface area (Å²) < 4.78 is 37.4. The predicted octanol–water partition coefficient (Wildman–Crippen LogP) is 1.50. The Labute approximate surface area is 117 Å². The topological polar surface area (TPSA) is 66.5 Å².